The second-order valence-corrected chi connectivity index (χ2v) is 4.11. The molecule has 0 unspecified atom stereocenters. The van der Waals surface area contributed by atoms with E-state index in [9.17, 15) is 4.79 Å². The van der Waals surface area contributed by atoms with Crippen molar-refractivity contribution in [1.82, 2.24) is 14.5 Å². The Morgan fingerprint density at radius 2 is 2.17 bits per heavy atom. The zero-order valence-electron chi connectivity index (χ0n) is 9.63. The molecule has 0 amide bonds. The van der Waals surface area contributed by atoms with Gasteiger partial charge in [-0.1, -0.05) is 6.07 Å². The summed E-state index contributed by atoms with van der Waals surface area (Å²) in [6, 6.07) is 11.0. The van der Waals surface area contributed by atoms with Gasteiger partial charge in [0.15, 0.2) is 0 Å². The highest BCUT2D eigenvalue weighted by Gasteiger charge is 2.07. The second-order valence-electron chi connectivity index (χ2n) is 4.11. The van der Waals surface area contributed by atoms with Crippen LogP contribution in [0.4, 0.5) is 5.69 Å². The Morgan fingerprint density at radius 3 is 2.94 bits per heavy atom. The Balaban J connectivity index is 2.14. The summed E-state index contributed by atoms with van der Waals surface area (Å²) >= 11 is 0. The van der Waals surface area contributed by atoms with Gasteiger partial charge in [-0.15, -0.1) is 0 Å². The van der Waals surface area contributed by atoms with Crippen LogP contribution in [0.2, 0.25) is 0 Å². The summed E-state index contributed by atoms with van der Waals surface area (Å²) in [7, 11) is 0. The fraction of sp³-hybridized carbons (Fsp3) is 0.0769. The van der Waals surface area contributed by atoms with E-state index in [-0.39, 0.29) is 5.69 Å². The lowest BCUT2D eigenvalue weighted by atomic mass is 10.2. The van der Waals surface area contributed by atoms with Gasteiger partial charge in [0, 0.05) is 11.9 Å². The highest BCUT2D eigenvalue weighted by atomic mass is 16.1. The standard InChI is InChI=1S/C13H12N4O/c14-9-4-5-11-12(7-9)17(13(18)16-11)8-10-3-1-2-6-15-10/h1-7H,8,14H2,(H,16,18). The normalized spacial score (nSPS) is 10.9. The van der Waals surface area contributed by atoms with Crippen molar-refractivity contribution in [3.8, 4) is 0 Å². The van der Waals surface area contributed by atoms with Crippen molar-refractivity contribution in [2.75, 3.05) is 5.73 Å². The maximum atomic E-state index is 11.9. The predicted molar refractivity (Wildman–Crippen MR) is 70.3 cm³/mol. The van der Waals surface area contributed by atoms with E-state index in [4.69, 9.17) is 5.73 Å². The van der Waals surface area contributed by atoms with Crippen LogP contribution in [0.15, 0.2) is 47.4 Å². The van der Waals surface area contributed by atoms with Crippen molar-refractivity contribution < 1.29 is 0 Å². The van der Waals surface area contributed by atoms with Crippen LogP contribution in [0.1, 0.15) is 5.69 Å². The molecule has 5 heteroatoms. The monoisotopic (exact) mass is 240 g/mol. The third kappa shape index (κ3) is 1.75. The van der Waals surface area contributed by atoms with Crippen molar-refractivity contribution >= 4 is 16.7 Å². The lowest BCUT2D eigenvalue weighted by molar-refractivity contribution is 0.765. The molecular weight excluding hydrogens is 228 g/mol. The lowest BCUT2D eigenvalue weighted by Crippen LogP contribution is -2.17. The first-order valence-corrected chi connectivity index (χ1v) is 5.62. The zero-order chi connectivity index (χ0) is 12.5. The van der Waals surface area contributed by atoms with Crippen molar-refractivity contribution in [2.45, 2.75) is 6.54 Å². The fourth-order valence-electron chi connectivity index (χ4n) is 1.98. The zero-order valence-corrected chi connectivity index (χ0v) is 9.63. The van der Waals surface area contributed by atoms with Gasteiger partial charge in [-0.2, -0.15) is 0 Å². The van der Waals surface area contributed by atoms with E-state index in [1.807, 2.05) is 18.2 Å². The van der Waals surface area contributed by atoms with E-state index in [0.29, 0.717) is 12.2 Å². The number of nitrogen functional groups attached to an aromatic ring is 1. The van der Waals surface area contributed by atoms with Gasteiger partial charge in [-0.25, -0.2) is 4.79 Å². The molecule has 3 aromatic rings. The Hall–Kier alpha value is -2.56. The molecule has 18 heavy (non-hydrogen) atoms. The Morgan fingerprint density at radius 1 is 1.28 bits per heavy atom. The Bertz CT molecular complexity index is 743. The molecular formula is C13H12N4O. The quantitative estimate of drug-likeness (QED) is 0.664. The fourth-order valence-corrected chi connectivity index (χ4v) is 1.98. The topological polar surface area (TPSA) is 76.7 Å². The molecule has 0 saturated carbocycles. The number of aromatic amines is 1. The molecule has 0 aliphatic rings. The number of fused-ring (bicyclic) bond motifs is 1. The summed E-state index contributed by atoms with van der Waals surface area (Å²) in [5, 5.41) is 0. The van der Waals surface area contributed by atoms with Gasteiger partial charge in [0.05, 0.1) is 23.3 Å². The number of hydrogen-bond acceptors (Lipinski definition) is 3. The van der Waals surface area contributed by atoms with Crippen LogP contribution in [-0.2, 0) is 6.54 Å². The Labute approximate surface area is 103 Å². The Kier molecular flexibility index (Phi) is 2.37. The minimum absolute atomic E-state index is 0.152. The van der Waals surface area contributed by atoms with Crippen molar-refractivity contribution in [3.63, 3.8) is 0 Å². The summed E-state index contributed by atoms with van der Waals surface area (Å²) in [5.74, 6) is 0. The number of pyridine rings is 1. The second kappa shape index (κ2) is 4.03. The average Bonchev–Trinajstić information content (AvgIpc) is 2.67. The first kappa shape index (κ1) is 10.6. The lowest BCUT2D eigenvalue weighted by Gasteiger charge is -2.03. The summed E-state index contributed by atoms with van der Waals surface area (Å²) in [6.45, 7) is 0.434. The third-order valence-electron chi connectivity index (χ3n) is 2.85. The van der Waals surface area contributed by atoms with E-state index in [2.05, 4.69) is 9.97 Å². The number of H-pyrrole nitrogens is 1. The van der Waals surface area contributed by atoms with Gasteiger partial charge in [0.1, 0.15) is 0 Å². The van der Waals surface area contributed by atoms with E-state index < -0.39 is 0 Å². The number of rotatable bonds is 2. The van der Waals surface area contributed by atoms with Crippen LogP contribution >= 0.6 is 0 Å². The number of nitrogens with one attached hydrogen (secondary N) is 1. The van der Waals surface area contributed by atoms with E-state index in [1.54, 1.807) is 29.0 Å². The molecule has 0 radical (unpaired) electrons. The summed E-state index contributed by atoms with van der Waals surface area (Å²) in [5.41, 5.74) is 8.65. The number of anilines is 1. The predicted octanol–water partition coefficient (Wildman–Crippen LogP) is 1.36. The first-order valence-electron chi connectivity index (χ1n) is 5.62. The molecule has 3 N–H and O–H groups in total. The maximum Gasteiger partial charge on any atom is 0.326 e. The average molecular weight is 240 g/mol. The van der Waals surface area contributed by atoms with Crippen LogP contribution in [0, 0.1) is 0 Å². The smallest absolute Gasteiger partial charge is 0.326 e. The maximum absolute atomic E-state index is 11.9. The molecule has 3 rings (SSSR count). The van der Waals surface area contributed by atoms with Crippen molar-refractivity contribution in [1.29, 1.82) is 0 Å². The minimum atomic E-state index is -0.152. The third-order valence-corrected chi connectivity index (χ3v) is 2.85. The molecule has 0 aliphatic heterocycles. The molecule has 90 valence electrons. The van der Waals surface area contributed by atoms with E-state index in [1.165, 1.54) is 0 Å². The number of nitrogens with zero attached hydrogens (tertiary/aromatic N) is 2. The van der Waals surface area contributed by atoms with Gasteiger partial charge in [0.25, 0.3) is 0 Å². The number of aromatic nitrogens is 3. The molecule has 0 aliphatic carbocycles. The molecule has 5 nitrogen and oxygen atoms in total. The van der Waals surface area contributed by atoms with E-state index in [0.717, 1.165) is 16.7 Å². The molecule has 2 aromatic heterocycles. The molecule has 0 fully saturated rings. The van der Waals surface area contributed by atoms with Gasteiger partial charge in [0.2, 0.25) is 0 Å². The number of hydrogen-bond donors (Lipinski definition) is 2. The first-order chi connectivity index (χ1) is 8.74. The summed E-state index contributed by atoms with van der Waals surface area (Å²) in [6.07, 6.45) is 1.71. The van der Waals surface area contributed by atoms with Crippen LogP contribution in [0.5, 0.6) is 0 Å². The molecule has 0 atom stereocenters. The summed E-state index contributed by atoms with van der Waals surface area (Å²) in [4.78, 5) is 18.9. The van der Waals surface area contributed by atoms with Crippen LogP contribution in [0.25, 0.3) is 11.0 Å². The summed E-state index contributed by atoms with van der Waals surface area (Å²) < 4.78 is 1.63. The van der Waals surface area contributed by atoms with Crippen LogP contribution < -0.4 is 11.4 Å². The SMILES string of the molecule is Nc1ccc2[nH]c(=O)n(Cc3ccccn3)c2c1. The van der Waals surface area contributed by atoms with Crippen molar-refractivity contribution in [2.24, 2.45) is 0 Å². The highest BCUT2D eigenvalue weighted by Crippen LogP contribution is 2.14. The number of imidazole rings is 1. The minimum Gasteiger partial charge on any atom is -0.399 e. The van der Waals surface area contributed by atoms with Crippen LogP contribution in [-0.4, -0.2) is 14.5 Å². The number of nitrogens with two attached hydrogens (primary N) is 1. The molecule has 2 heterocycles. The molecule has 0 bridgehead atoms. The van der Waals surface area contributed by atoms with Gasteiger partial charge in [-0.3, -0.25) is 9.55 Å². The molecule has 0 saturated heterocycles. The largest absolute Gasteiger partial charge is 0.399 e. The molecule has 0 spiro atoms. The van der Waals surface area contributed by atoms with Gasteiger partial charge in [-0.05, 0) is 30.3 Å². The van der Waals surface area contributed by atoms with Gasteiger partial charge < -0.3 is 10.7 Å². The van der Waals surface area contributed by atoms with Crippen molar-refractivity contribution in [3.05, 3.63) is 58.8 Å². The highest BCUT2D eigenvalue weighted by molar-refractivity contribution is 5.79. The van der Waals surface area contributed by atoms with Crippen LogP contribution in [0.3, 0.4) is 0 Å². The van der Waals surface area contributed by atoms with Gasteiger partial charge >= 0.3 is 5.69 Å². The van der Waals surface area contributed by atoms with E-state index >= 15 is 0 Å². The number of benzene rings is 1. The molecule has 1 aromatic carbocycles.